The first-order chi connectivity index (χ1) is 10.2. The fourth-order valence-corrected chi connectivity index (χ4v) is 2.89. The minimum absolute atomic E-state index is 0.124. The van der Waals surface area contributed by atoms with E-state index in [9.17, 15) is 4.39 Å². The monoisotopic (exact) mass is 302 g/mol. The van der Waals surface area contributed by atoms with Crippen LogP contribution >= 0.6 is 11.6 Å². The summed E-state index contributed by atoms with van der Waals surface area (Å²) in [5.74, 6) is -0.0933. The number of nitrogens with one attached hydrogen (secondary N) is 1. The predicted octanol–water partition coefficient (Wildman–Crippen LogP) is 4.25. The number of hydrogen-bond acceptors (Lipinski definition) is 1. The standard InChI is InChI=1S/C17H16ClFN2/c18-13-4-5-17-15(8-13)16(10-21-17)12(9-20)6-11-2-1-3-14(19)7-11/h1-5,7-8,10,12,21H,6,9,20H2. The highest BCUT2D eigenvalue weighted by atomic mass is 35.5. The average Bonchev–Trinajstić information content (AvgIpc) is 2.88. The van der Waals surface area contributed by atoms with Gasteiger partial charge in [-0.2, -0.15) is 0 Å². The van der Waals surface area contributed by atoms with Crippen LogP contribution in [-0.2, 0) is 6.42 Å². The first-order valence-electron chi connectivity index (χ1n) is 6.88. The van der Waals surface area contributed by atoms with Gasteiger partial charge in [0.2, 0.25) is 0 Å². The third-order valence-electron chi connectivity index (χ3n) is 3.77. The molecule has 2 nitrogen and oxygen atoms in total. The van der Waals surface area contributed by atoms with Crippen LogP contribution in [0.15, 0.2) is 48.7 Å². The van der Waals surface area contributed by atoms with Crippen molar-refractivity contribution >= 4 is 22.5 Å². The summed E-state index contributed by atoms with van der Waals surface area (Å²) < 4.78 is 13.3. The van der Waals surface area contributed by atoms with Gasteiger partial charge in [-0.1, -0.05) is 23.7 Å². The van der Waals surface area contributed by atoms with Crippen molar-refractivity contribution in [1.82, 2.24) is 4.98 Å². The number of fused-ring (bicyclic) bond motifs is 1. The third-order valence-corrected chi connectivity index (χ3v) is 4.01. The molecule has 0 spiro atoms. The second-order valence-electron chi connectivity index (χ2n) is 5.20. The number of halogens is 2. The van der Waals surface area contributed by atoms with E-state index in [1.54, 1.807) is 12.1 Å². The Bertz CT molecular complexity index is 766. The number of rotatable bonds is 4. The van der Waals surface area contributed by atoms with E-state index in [1.807, 2.05) is 30.5 Å². The molecule has 3 rings (SSSR count). The molecule has 3 N–H and O–H groups in total. The zero-order valence-electron chi connectivity index (χ0n) is 11.4. The van der Waals surface area contributed by atoms with Crippen molar-refractivity contribution in [2.45, 2.75) is 12.3 Å². The largest absolute Gasteiger partial charge is 0.361 e. The third kappa shape index (κ3) is 2.94. The van der Waals surface area contributed by atoms with Crippen molar-refractivity contribution in [2.75, 3.05) is 6.54 Å². The molecule has 0 saturated carbocycles. The Morgan fingerprint density at radius 3 is 2.81 bits per heavy atom. The Morgan fingerprint density at radius 2 is 2.05 bits per heavy atom. The van der Waals surface area contributed by atoms with E-state index in [0.29, 0.717) is 18.0 Å². The maximum absolute atomic E-state index is 13.3. The molecule has 0 aliphatic carbocycles. The summed E-state index contributed by atoms with van der Waals surface area (Å²) in [4.78, 5) is 3.24. The van der Waals surface area contributed by atoms with Crippen LogP contribution < -0.4 is 5.73 Å². The zero-order chi connectivity index (χ0) is 14.8. The Kier molecular flexibility index (Phi) is 3.95. The second kappa shape index (κ2) is 5.88. The summed E-state index contributed by atoms with van der Waals surface area (Å²) in [7, 11) is 0. The van der Waals surface area contributed by atoms with Crippen molar-refractivity contribution in [3.8, 4) is 0 Å². The lowest BCUT2D eigenvalue weighted by Crippen LogP contribution is -2.14. The molecule has 0 amide bonds. The van der Waals surface area contributed by atoms with E-state index in [4.69, 9.17) is 17.3 Å². The molecule has 0 aliphatic heterocycles. The molecule has 21 heavy (non-hydrogen) atoms. The van der Waals surface area contributed by atoms with E-state index >= 15 is 0 Å². The van der Waals surface area contributed by atoms with Crippen LogP contribution in [0.5, 0.6) is 0 Å². The quantitative estimate of drug-likeness (QED) is 0.743. The van der Waals surface area contributed by atoms with Crippen molar-refractivity contribution in [2.24, 2.45) is 5.73 Å². The van der Waals surface area contributed by atoms with Gasteiger partial charge in [0, 0.05) is 28.0 Å². The summed E-state index contributed by atoms with van der Waals surface area (Å²) in [5.41, 5.74) is 9.04. The molecule has 1 unspecified atom stereocenters. The van der Waals surface area contributed by atoms with E-state index in [2.05, 4.69) is 4.98 Å². The van der Waals surface area contributed by atoms with Crippen molar-refractivity contribution in [1.29, 1.82) is 0 Å². The molecule has 1 heterocycles. The summed E-state index contributed by atoms with van der Waals surface area (Å²) in [6, 6.07) is 12.4. The van der Waals surface area contributed by atoms with Crippen molar-refractivity contribution < 1.29 is 4.39 Å². The molecule has 0 bridgehead atoms. The van der Waals surface area contributed by atoms with Crippen LogP contribution in [0, 0.1) is 5.82 Å². The lowest BCUT2D eigenvalue weighted by Gasteiger charge is -2.14. The lowest BCUT2D eigenvalue weighted by atomic mass is 9.92. The summed E-state index contributed by atoms with van der Waals surface area (Å²) in [5, 5.41) is 1.78. The Hall–Kier alpha value is -1.84. The normalized spacial score (nSPS) is 12.7. The van der Waals surface area contributed by atoms with E-state index in [1.165, 1.54) is 6.07 Å². The van der Waals surface area contributed by atoms with Crippen LogP contribution in [0.3, 0.4) is 0 Å². The van der Waals surface area contributed by atoms with Gasteiger partial charge < -0.3 is 10.7 Å². The molecule has 0 radical (unpaired) electrons. The molecule has 0 aliphatic rings. The molecule has 1 aromatic heterocycles. The predicted molar refractivity (Wildman–Crippen MR) is 85.2 cm³/mol. The molecular formula is C17H16ClFN2. The average molecular weight is 303 g/mol. The molecule has 1 atom stereocenters. The van der Waals surface area contributed by atoms with Gasteiger partial charge >= 0.3 is 0 Å². The molecular weight excluding hydrogens is 287 g/mol. The summed E-state index contributed by atoms with van der Waals surface area (Å²) >= 11 is 6.08. The van der Waals surface area contributed by atoms with E-state index < -0.39 is 0 Å². The van der Waals surface area contributed by atoms with Crippen LogP contribution in [0.1, 0.15) is 17.0 Å². The Morgan fingerprint density at radius 1 is 1.19 bits per heavy atom. The highest BCUT2D eigenvalue weighted by Gasteiger charge is 2.15. The van der Waals surface area contributed by atoms with Crippen LogP contribution in [0.2, 0.25) is 5.02 Å². The minimum Gasteiger partial charge on any atom is -0.361 e. The Balaban J connectivity index is 1.96. The van der Waals surface area contributed by atoms with Gasteiger partial charge in [0.15, 0.2) is 0 Å². The highest BCUT2D eigenvalue weighted by molar-refractivity contribution is 6.31. The van der Waals surface area contributed by atoms with Crippen LogP contribution in [0.4, 0.5) is 4.39 Å². The molecule has 3 aromatic rings. The SMILES string of the molecule is NCC(Cc1cccc(F)c1)c1c[nH]c2ccc(Cl)cc12. The molecule has 2 aromatic carbocycles. The number of aromatic nitrogens is 1. The molecule has 108 valence electrons. The second-order valence-corrected chi connectivity index (χ2v) is 5.64. The van der Waals surface area contributed by atoms with E-state index in [-0.39, 0.29) is 11.7 Å². The summed E-state index contributed by atoms with van der Waals surface area (Å²) in [6.07, 6.45) is 2.67. The summed E-state index contributed by atoms with van der Waals surface area (Å²) in [6.45, 7) is 0.496. The van der Waals surface area contributed by atoms with Gasteiger partial charge in [0.25, 0.3) is 0 Å². The minimum atomic E-state index is -0.217. The fourth-order valence-electron chi connectivity index (χ4n) is 2.72. The van der Waals surface area contributed by atoms with Gasteiger partial charge in [-0.25, -0.2) is 4.39 Å². The lowest BCUT2D eigenvalue weighted by molar-refractivity contribution is 0.621. The first kappa shape index (κ1) is 14.1. The van der Waals surface area contributed by atoms with Gasteiger partial charge in [-0.3, -0.25) is 0 Å². The maximum Gasteiger partial charge on any atom is 0.123 e. The smallest absolute Gasteiger partial charge is 0.123 e. The van der Waals surface area contributed by atoms with E-state index in [0.717, 1.165) is 22.0 Å². The van der Waals surface area contributed by atoms with Gasteiger partial charge in [-0.15, -0.1) is 0 Å². The highest BCUT2D eigenvalue weighted by Crippen LogP contribution is 2.29. The maximum atomic E-state index is 13.3. The topological polar surface area (TPSA) is 41.8 Å². The fraction of sp³-hybridized carbons (Fsp3) is 0.176. The Labute approximate surface area is 127 Å². The van der Waals surface area contributed by atoms with Gasteiger partial charge in [-0.05, 0) is 54.4 Å². The van der Waals surface area contributed by atoms with Crippen molar-refractivity contribution in [3.63, 3.8) is 0 Å². The van der Waals surface area contributed by atoms with Crippen LogP contribution in [-0.4, -0.2) is 11.5 Å². The number of H-pyrrole nitrogens is 1. The molecule has 0 fully saturated rings. The zero-order valence-corrected chi connectivity index (χ0v) is 12.2. The number of aromatic amines is 1. The van der Waals surface area contributed by atoms with Gasteiger partial charge in [0.05, 0.1) is 0 Å². The van der Waals surface area contributed by atoms with Gasteiger partial charge in [0.1, 0.15) is 5.82 Å². The molecule has 0 saturated heterocycles. The number of nitrogens with two attached hydrogens (primary N) is 1. The van der Waals surface area contributed by atoms with Crippen LogP contribution in [0.25, 0.3) is 10.9 Å². The number of hydrogen-bond donors (Lipinski definition) is 2. The van der Waals surface area contributed by atoms with Crippen molar-refractivity contribution in [3.05, 3.63) is 70.6 Å². The number of benzene rings is 2. The first-order valence-corrected chi connectivity index (χ1v) is 7.26. The molecule has 4 heteroatoms.